The Morgan fingerprint density at radius 3 is 2.33 bits per heavy atom. The van der Waals surface area contributed by atoms with Crippen molar-refractivity contribution in [1.82, 2.24) is 15.5 Å². The van der Waals surface area contributed by atoms with Gasteiger partial charge in [-0.05, 0) is 24.1 Å². The van der Waals surface area contributed by atoms with E-state index in [1.807, 2.05) is 0 Å². The quantitative estimate of drug-likeness (QED) is 0.578. The summed E-state index contributed by atoms with van der Waals surface area (Å²) >= 11 is 7.26. The van der Waals surface area contributed by atoms with Gasteiger partial charge in [-0.15, -0.1) is 10.2 Å². The molecule has 6 nitrogen and oxygen atoms in total. The number of aromatic nitrogens is 2. The molecule has 156 valence electrons. The van der Waals surface area contributed by atoms with Crippen LogP contribution >= 0.6 is 22.9 Å². The third-order valence-electron chi connectivity index (χ3n) is 4.18. The minimum absolute atomic E-state index is 0.201. The molecule has 0 aliphatic heterocycles. The van der Waals surface area contributed by atoms with E-state index in [2.05, 4.69) is 20.8 Å². The molecule has 30 heavy (non-hydrogen) atoms. The van der Waals surface area contributed by atoms with Crippen molar-refractivity contribution < 1.29 is 18.4 Å². The summed E-state index contributed by atoms with van der Waals surface area (Å²) < 4.78 is 27.7. The second-order valence-corrected chi connectivity index (χ2v) is 8.06. The molecule has 1 atom stereocenters. The molecular formula is C20H17ClF2N4O2S. The SMILES string of the molecule is CC(C)C(NC(=O)c1c(F)cccc1F)C(=O)Nc1nnc(-c2ccccc2Cl)s1. The molecule has 0 spiro atoms. The van der Waals surface area contributed by atoms with Gasteiger partial charge in [-0.1, -0.05) is 61.1 Å². The Hall–Kier alpha value is -2.91. The summed E-state index contributed by atoms with van der Waals surface area (Å²) in [6, 6.07) is 9.11. The summed E-state index contributed by atoms with van der Waals surface area (Å²) in [6.45, 7) is 3.38. The Labute approximate surface area is 180 Å². The van der Waals surface area contributed by atoms with Gasteiger partial charge in [0.2, 0.25) is 11.0 Å². The third-order valence-corrected chi connectivity index (χ3v) is 5.39. The maximum Gasteiger partial charge on any atom is 0.257 e. The van der Waals surface area contributed by atoms with Crippen LogP contribution in [0.3, 0.4) is 0 Å². The Balaban J connectivity index is 1.75. The highest BCUT2D eigenvalue weighted by Crippen LogP contribution is 2.31. The van der Waals surface area contributed by atoms with Gasteiger partial charge >= 0.3 is 0 Å². The molecule has 0 aliphatic rings. The van der Waals surface area contributed by atoms with Crippen molar-refractivity contribution in [2.75, 3.05) is 5.32 Å². The fraction of sp³-hybridized carbons (Fsp3) is 0.200. The molecule has 0 saturated heterocycles. The molecule has 0 saturated carbocycles. The number of nitrogens with zero attached hydrogens (tertiary/aromatic N) is 2. The van der Waals surface area contributed by atoms with Gasteiger partial charge < -0.3 is 5.32 Å². The summed E-state index contributed by atoms with van der Waals surface area (Å²) in [6.07, 6.45) is 0. The van der Waals surface area contributed by atoms with Crippen molar-refractivity contribution in [3.63, 3.8) is 0 Å². The van der Waals surface area contributed by atoms with Crippen LogP contribution in [0, 0.1) is 17.6 Å². The largest absolute Gasteiger partial charge is 0.340 e. The average molecular weight is 451 g/mol. The molecule has 2 N–H and O–H groups in total. The minimum Gasteiger partial charge on any atom is -0.340 e. The summed E-state index contributed by atoms with van der Waals surface area (Å²) in [5, 5.41) is 14.1. The number of halogens is 3. The van der Waals surface area contributed by atoms with Crippen LogP contribution < -0.4 is 10.6 Å². The van der Waals surface area contributed by atoms with E-state index < -0.39 is 35.1 Å². The normalized spacial score (nSPS) is 11.9. The highest BCUT2D eigenvalue weighted by molar-refractivity contribution is 7.18. The fourth-order valence-electron chi connectivity index (χ4n) is 2.66. The molecule has 1 heterocycles. The molecule has 10 heteroatoms. The second-order valence-electron chi connectivity index (χ2n) is 6.67. The Morgan fingerprint density at radius 1 is 1.03 bits per heavy atom. The van der Waals surface area contributed by atoms with Crippen molar-refractivity contribution in [1.29, 1.82) is 0 Å². The van der Waals surface area contributed by atoms with Crippen molar-refractivity contribution in [2.24, 2.45) is 5.92 Å². The number of amides is 2. The second kappa shape index (κ2) is 9.27. The third kappa shape index (κ3) is 4.80. The molecule has 1 aromatic heterocycles. The molecule has 0 radical (unpaired) electrons. The highest BCUT2D eigenvalue weighted by atomic mass is 35.5. The maximum absolute atomic E-state index is 13.9. The van der Waals surface area contributed by atoms with Crippen LogP contribution in [0.4, 0.5) is 13.9 Å². The van der Waals surface area contributed by atoms with Crippen LogP contribution in [0.1, 0.15) is 24.2 Å². The van der Waals surface area contributed by atoms with Crippen molar-refractivity contribution >= 4 is 39.9 Å². The molecule has 3 aromatic rings. The molecular weight excluding hydrogens is 434 g/mol. The van der Waals surface area contributed by atoms with Crippen LogP contribution in [0.2, 0.25) is 5.02 Å². The molecule has 0 fully saturated rings. The van der Waals surface area contributed by atoms with Gasteiger partial charge in [0.15, 0.2) is 5.01 Å². The van der Waals surface area contributed by atoms with E-state index in [1.54, 1.807) is 38.1 Å². The van der Waals surface area contributed by atoms with Crippen molar-refractivity contribution in [3.8, 4) is 10.6 Å². The zero-order chi connectivity index (χ0) is 21.8. The van der Waals surface area contributed by atoms with E-state index in [4.69, 9.17) is 11.6 Å². The maximum atomic E-state index is 13.9. The summed E-state index contributed by atoms with van der Waals surface area (Å²) in [5.74, 6) is -3.99. The Morgan fingerprint density at radius 2 is 1.70 bits per heavy atom. The number of rotatable bonds is 6. The number of anilines is 1. The van der Waals surface area contributed by atoms with E-state index in [9.17, 15) is 18.4 Å². The van der Waals surface area contributed by atoms with Gasteiger partial charge in [0.25, 0.3) is 5.91 Å². The minimum atomic E-state index is -1.05. The van der Waals surface area contributed by atoms with E-state index >= 15 is 0 Å². The van der Waals surface area contributed by atoms with Crippen LogP contribution in [0.5, 0.6) is 0 Å². The first-order valence-corrected chi connectivity index (χ1v) is 10.1. The molecule has 2 amide bonds. The number of carbonyl (C=O) groups is 2. The first-order chi connectivity index (χ1) is 14.3. The van der Waals surface area contributed by atoms with E-state index in [0.717, 1.165) is 29.5 Å². The molecule has 3 rings (SSSR count). The first kappa shape index (κ1) is 21.8. The van der Waals surface area contributed by atoms with Crippen LogP contribution in [-0.2, 0) is 4.79 Å². The molecule has 2 aromatic carbocycles. The van der Waals surface area contributed by atoms with E-state index in [0.29, 0.717) is 15.6 Å². The Kier molecular flexibility index (Phi) is 6.73. The Bertz CT molecular complexity index is 1070. The van der Waals surface area contributed by atoms with Gasteiger partial charge in [0.05, 0.1) is 5.02 Å². The lowest BCUT2D eigenvalue weighted by molar-refractivity contribution is -0.118. The molecule has 0 bridgehead atoms. The number of carbonyl (C=O) groups excluding carboxylic acids is 2. The predicted molar refractivity (Wildman–Crippen MR) is 111 cm³/mol. The van der Waals surface area contributed by atoms with Crippen LogP contribution in [0.25, 0.3) is 10.6 Å². The standard InChI is InChI=1S/C20H17ClF2N4O2S/c1-10(2)16(24-17(28)15-13(22)8-5-9-14(15)23)18(29)25-20-27-26-19(30-20)11-6-3-4-7-12(11)21/h3-10,16H,1-2H3,(H,24,28)(H,25,27,29). The number of benzene rings is 2. The lowest BCUT2D eigenvalue weighted by atomic mass is 10.0. The lowest BCUT2D eigenvalue weighted by Crippen LogP contribution is -2.47. The zero-order valence-electron chi connectivity index (χ0n) is 15.9. The predicted octanol–water partition coefficient (Wildman–Crippen LogP) is 4.53. The lowest BCUT2D eigenvalue weighted by Gasteiger charge is -2.21. The smallest absolute Gasteiger partial charge is 0.257 e. The number of hydrogen-bond acceptors (Lipinski definition) is 5. The molecule has 1 unspecified atom stereocenters. The monoisotopic (exact) mass is 450 g/mol. The summed E-state index contributed by atoms with van der Waals surface area (Å²) in [4.78, 5) is 25.1. The molecule has 0 aliphatic carbocycles. The van der Waals surface area contributed by atoms with E-state index in [-0.39, 0.29) is 11.0 Å². The average Bonchev–Trinajstić information content (AvgIpc) is 3.14. The zero-order valence-corrected chi connectivity index (χ0v) is 17.5. The topological polar surface area (TPSA) is 84.0 Å². The van der Waals surface area contributed by atoms with E-state index in [1.165, 1.54) is 0 Å². The number of nitrogens with one attached hydrogen (secondary N) is 2. The van der Waals surface area contributed by atoms with Crippen molar-refractivity contribution in [2.45, 2.75) is 19.9 Å². The van der Waals surface area contributed by atoms with Gasteiger partial charge in [-0.2, -0.15) is 0 Å². The van der Waals surface area contributed by atoms with Gasteiger partial charge in [-0.3, -0.25) is 14.9 Å². The summed E-state index contributed by atoms with van der Waals surface area (Å²) in [5.41, 5.74) is -0.0752. The van der Waals surface area contributed by atoms with Gasteiger partial charge in [0.1, 0.15) is 23.2 Å². The van der Waals surface area contributed by atoms with Crippen LogP contribution in [-0.4, -0.2) is 28.1 Å². The fourth-order valence-corrected chi connectivity index (χ4v) is 3.73. The van der Waals surface area contributed by atoms with Crippen LogP contribution in [0.15, 0.2) is 42.5 Å². The summed E-state index contributed by atoms with van der Waals surface area (Å²) in [7, 11) is 0. The van der Waals surface area contributed by atoms with Gasteiger partial charge in [-0.25, -0.2) is 8.78 Å². The van der Waals surface area contributed by atoms with Gasteiger partial charge in [0, 0.05) is 5.56 Å². The highest BCUT2D eigenvalue weighted by Gasteiger charge is 2.28. The van der Waals surface area contributed by atoms with Crippen molar-refractivity contribution in [3.05, 3.63) is 64.7 Å². The first-order valence-electron chi connectivity index (χ1n) is 8.92. The number of hydrogen-bond donors (Lipinski definition) is 2.